The summed E-state index contributed by atoms with van der Waals surface area (Å²) in [4.78, 5) is 22.6. The van der Waals surface area contributed by atoms with Crippen LogP contribution in [0, 0.1) is 0 Å². The first-order valence-electron chi connectivity index (χ1n) is 12.7. The average molecular weight is 494 g/mol. The van der Waals surface area contributed by atoms with Crippen molar-refractivity contribution in [3.05, 3.63) is 47.8 Å². The summed E-state index contributed by atoms with van der Waals surface area (Å²) < 4.78 is 18.5. The molecular formula is C27H35N5O4. The maximum Gasteiger partial charge on any atom is 0.255 e. The van der Waals surface area contributed by atoms with Crippen LogP contribution < -0.4 is 9.47 Å². The van der Waals surface area contributed by atoms with Gasteiger partial charge in [0.2, 0.25) is 0 Å². The SMILES string of the molecule is COc1ccc(Cn2ncc3cc(C(=O)N4CCCC4CN4CC(C)OC(C)C4)cnc32)c(OC)c1. The molecule has 5 rings (SSSR count). The highest BCUT2D eigenvalue weighted by Crippen LogP contribution is 2.27. The number of hydrogen-bond acceptors (Lipinski definition) is 7. The van der Waals surface area contributed by atoms with E-state index < -0.39 is 0 Å². The standard InChI is InChI=1S/C27H35N5O4/c1-18-14-30(15-19(2)36-18)17-23-6-5-9-31(23)27(33)22-10-21-13-29-32(26(21)28-12-22)16-20-7-8-24(34-3)11-25(20)35-4/h7-8,10-13,18-19,23H,5-6,9,14-17H2,1-4H3. The van der Waals surface area contributed by atoms with Gasteiger partial charge in [0.1, 0.15) is 11.5 Å². The fourth-order valence-corrected chi connectivity index (χ4v) is 5.54. The minimum absolute atomic E-state index is 0.0471. The van der Waals surface area contributed by atoms with Crippen LogP contribution in [0.1, 0.15) is 42.6 Å². The summed E-state index contributed by atoms with van der Waals surface area (Å²) >= 11 is 0. The number of likely N-dealkylation sites (tertiary alicyclic amines) is 1. The predicted molar refractivity (Wildman–Crippen MR) is 137 cm³/mol. The summed E-state index contributed by atoms with van der Waals surface area (Å²) in [5, 5.41) is 5.38. The Labute approximate surface area is 211 Å². The van der Waals surface area contributed by atoms with Crippen molar-refractivity contribution in [1.82, 2.24) is 24.6 Å². The Kier molecular flexibility index (Phi) is 7.11. The van der Waals surface area contributed by atoms with Crippen molar-refractivity contribution in [2.24, 2.45) is 0 Å². The van der Waals surface area contributed by atoms with Gasteiger partial charge in [0.05, 0.1) is 44.7 Å². The highest BCUT2D eigenvalue weighted by atomic mass is 16.5. The molecule has 2 saturated heterocycles. The Morgan fingerprint density at radius 3 is 2.67 bits per heavy atom. The van der Waals surface area contributed by atoms with Crippen LogP contribution >= 0.6 is 0 Å². The van der Waals surface area contributed by atoms with E-state index in [9.17, 15) is 4.79 Å². The zero-order valence-electron chi connectivity index (χ0n) is 21.5. The van der Waals surface area contributed by atoms with Crippen LogP contribution in [0.25, 0.3) is 11.0 Å². The molecule has 0 spiro atoms. The largest absolute Gasteiger partial charge is 0.497 e. The molecule has 9 heteroatoms. The molecule has 0 saturated carbocycles. The second-order valence-electron chi connectivity index (χ2n) is 9.89. The van der Waals surface area contributed by atoms with Crippen molar-refractivity contribution in [2.45, 2.75) is 51.5 Å². The van der Waals surface area contributed by atoms with Crippen molar-refractivity contribution in [1.29, 1.82) is 0 Å². The van der Waals surface area contributed by atoms with Gasteiger partial charge in [-0.2, -0.15) is 5.10 Å². The van der Waals surface area contributed by atoms with Crippen molar-refractivity contribution in [3.63, 3.8) is 0 Å². The lowest BCUT2D eigenvalue weighted by Crippen LogP contribution is -2.50. The number of amides is 1. The van der Waals surface area contributed by atoms with Crippen molar-refractivity contribution in [2.75, 3.05) is 40.4 Å². The van der Waals surface area contributed by atoms with Gasteiger partial charge in [0.15, 0.2) is 5.65 Å². The molecule has 192 valence electrons. The normalized spacial score (nSPS) is 22.8. The van der Waals surface area contributed by atoms with Gasteiger partial charge in [-0.1, -0.05) is 0 Å². The van der Waals surface area contributed by atoms with Gasteiger partial charge in [0, 0.05) is 55.4 Å². The van der Waals surface area contributed by atoms with Crippen molar-refractivity contribution >= 4 is 16.9 Å². The van der Waals surface area contributed by atoms with E-state index in [1.807, 2.05) is 33.8 Å². The van der Waals surface area contributed by atoms with E-state index >= 15 is 0 Å². The first kappa shape index (κ1) is 24.5. The summed E-state index contributed by atoms with van der Waals surface area (Å²) in [6, 6.07) is 7.85. The summed E-state index contributed by atoms with van der Waals surface area (Å²) in [6.45, 7) is 8.23. The summed E-state index contributed by atoms with van der Waals surface area (Å²) in [5.74, 6) is 1.51. The number of hydrogen-bond donors (Lipinski definition) is 0. The molecule has 2 fully saturated rings. The second-order valence-corrected chi connectivity index (χ2v) is 9.89. The molecular weight excluding hydrogens is 458 g/mol. The average Bonchev–Trinajstić information content (AvgIpc) is 3.49. The van der Waals surface area contributed by atoms with E-state index in [2.05, 4.69) is 28.8 Å². The summed E-state index contributed by atoms with van der Waals surface area (Å²) in [5.41, 5.74) is 2.32. The first-order chi connectivity index (χ1) is 17.4. The Morgan fingerprint density at radius 2 is 1.92 bits per heavy atom. The molecule has 2 aliphatic rings. The minimum atomic E-state index is 0.0471. The maximum atomic E-state index is 13.5. The van der Waals surface area contributed by atoms with Gasteiger partial charge in [-0.3, -0.25) is 9.69 Å². The van der Waals surface area contributed by atoms with Crippen LogP contribution in [0.3, 0.4) is 0 Å². The number of ether oxygens (including phenoxy) is 3. The van der Waals surface area contributed by atoms with Gasteiger partial charge >= 0.3 is 0 Å². The number of benzene rings is 1. The molecule has 3 unspecified atom stereocenters. The third-order valence-electron chi connectivity index (χ3n) is 7.14. The summed E-state index contributed by atoms with van der Waals surface area (Å²) in [6.07, 6.45) is 5.96. The molecule has 1 amide bonds. The number of nitrogens with zero attached hydrogens (tertiary/aromatic N) is 5. The van der Waals surface area contributed by atoms with Crippen LogP contribution in [-0.2, 0) is 11.3 Å². The van der Waals surface area contributed by atoms with Gasteiger partial charge < -0.3 is 19.1 Å². The number of pyridine rings is 1. The number of methoxy groups -OCH3 is 2. The lowest BCUT2D eigenvalue weighted by Gasteiger charge is -2.38. The van der Waals surface area contributed by atoms with Crippen LogP contribution in [0.5, 0.6) is 11.5 Å². The van der Waals surface area contributed by atoms with Crippen LogP contribution in [-0.4, -0.2) is 89.1 Å². The maximum absolute atomic E-state index is 13.5. The van der Waals surface area contributed by atoms with Crippen molar-refractivity contribution < 1.29 is 19.0 Å². The highest BCUT2D eigenvalue weighted by molar-refractivity contribution is 5.97. The molecule has 3 aromatic rings. The molecule has 4 heterocycles. The smallest absolute Gasteiger partial charge is 0.255 e. The Balaban J connectivity index is 1.31. The van der Waals surface area contributed by atoms with E-state index in [4.69, 9.17) is 14.2 Å². The fourth-order valence-electron chi connectivity index (χ4n) is 5.54. The highest BCUT2D eigenvalue weighted by Gasteiger charge is 2.33. The third-order valence-corrected chi connectivity index (χ3v) is 7.14. The number of carbonyl (C=O) groups is 1. The van der Waals surface area contributed by atoms with E-state index in [1.165, 1.54) is 0 Å². The first-order valence-corrected chi connectivity index (χ1v) is 12.7. The molecule has 2 aromatic heterocycles. The zero-order valence-corrected chi connectivity index (χ0v) is 21.5. The van der Waals surface area contributed by atoms with Gasteiger partial charge in [-0.05, 0) is 44.9 Å². The molecule has 0 aliphatic carbocycles. The number of fused-ring (bicyclic) bond motifs is 1. The second kappa shape index (κ2) is 10.4. The van der Waals surface area contributed by atoms with E-state index in [0.717, 1.165) is 67.1 Å². The monoisotopic (exact) mass is 493 g/mol. The zero-order chi connectivity index (χ0) is 25.2. The van der Waals surface area contributed by atoms with Crippen LogP contribution in [0.15, 0.2) is 36.7 Å². The predicted octanol–water partition coefficient (Wildman–Crippen LogP) is 3.21. The number of morpholine rings is 1. The summed E-state index contributed by atoms with van der Waals surface area (Å²) in [7, 11) is 3.27. The molecule has 0 radical (unpaired) electrons. The quantitative estimate of drug-likeness (QED) is 0.500. The van der Waals surface area contributed by atoms with E-state index in [-0.39, 0.29) is 24.2 Å². The van der Waals surface area contributed by atoms with E-state index in [0.29, 0.717) is 12.1 Å². The van der Waals surface area contributed by atoms with Crippen LogP contribution in [0.2, 0.25) is 0 Å². The number of carbonyl (C=O) groups excluding carboxylic acids is 1. The minimum Gasteiger partial charge on any atom is -0.497 e. The van der Waals surface area contributed by atoms with E-state index in [1.54, 1.807) is 26.6 Å². The van der Waals surface area contributed by atoms with Gasteiger partial charge in [0.25, 0.3) is 5.91 Å². The molecule has 9 nitrogen and oxygen atoms in total. The Morgan fingerprint density at radius 1 is 1.11 bits per heavy atom. The topological polar surface area (TPSA) is 82.0 Å². The number of aromatic nitrogens is 3. The van der Waals surface area contributed by atoms with Gasteiger partial charge in [-0.15, -0.1) is 0 Å². The molecule has 0 bridgehead atoms. The molecule has 36 heavy (non-hydrogen) atoms. The third kappa shape index (κ3) is 5.03. The molecule has 3 atom stereocenters. The van der Waals surface area contributed by atoms with Crippen molar-refractivity contribution in [3.8, 4) is 11.5 Å². The van der Waals surface area contributed by atoms with Gasteiger partial charge in [-0.25, -0.2) is 9.67 Å². The Bertz CT molecular complexity index is 1220. The molecule has 1 aromatic carbocycles. The Hall–Kier alpha value is -3.17. The number of rotatable bonds is 7. The molecule has 0 N–H and O–H groups in total. The lowest BCUT2D eigenvalue weighted by atomic mass is 10.1. The lowest BCUT2D eigenvalue weighted by molar-refractivity contribution is -0.0715. The van der Waals surface area contributed by atoms with Crippen LogP contribution in [0.4, 0.5) is 0 Å². The molecule has 2 aliphatic heterocycles. The fraction of sp³-hybridized carbons (Fsp3) is 0.519.